The van der Waals surface area contributed by atoms with Crippen LogP contribution in [-0.2, 0) is 16.1 Å². The first-order chi connectivity index (χ1) is 14.7. The van der Waals surface area contributed by atoms with Crippen LogP contribution in [0.15, 0.2) is 47.4 Å². The van der Waals surface area contributed by atoms with Gasteiger partial charge in [0.25, 0.3) is 0 Å². The van der Waals surface area contributed by atoms with Crippen LogP contribution in [0.1, 0.15) is 38.3 Å². The maximum Gasteiger partial charge on any atom is 0.242 e. The molecule has 2 amide bonds. The summed E-state index contributed by atoms with van der Waals surface area (Å²) in [4.78, 5) is 28.5. The van der Waals surface area contributed by atoms with Crippen molar-refractivity contribution in [3.8, 4) is 0 Å². The Morgan fingerprint density at radius 3 is 2.23 bits per heavy atom. The first-order valence-electron chi connectivity index (χ1n) is 10.4. The van der Waals surface area contributed by atoms with Crippen molar-refractivity contribution in [1.82, 2.24) is 10.2 Å². The normalized spacial score (nSPS) is 12.0. The predicted molar refractivity (Wildman–Crippen MR) is 131 cm³/mol. The zero-order valence-electron chi connectivity index (χ0n) is 18.5. The van der Waals surface area contributed by atoms with Gasteiger partial charge in [-0.3, -0.25) is 9.59 Å². The molecule has 0 aliphatic rings. The van der Waals surface area contributed by atoms with Gasteiger partial charge in [0.15, 0.2) is 0 Å². The highest BCUT2D eigenvalue weighted by Gasteiger charge is 2.27. The zero-order valence-corrected chi connectivity index (χ0v) is 20.8. The molecular formula is C24H30Cl2N2O2S. The average Bonchev–Trinajstić information content (AvgIpc) is 2.72. The number of hydrogen-bond acceptors (Lipinski definition) is 3. The topological polar surface area (TPSA) is 49.4 Å². The Morgan fingerprint density at radius 2 is 1.65 bits per heavy atom. The Labute approximate surface area is 199 Å². The molecule has 0 spiro atoms. The zero-order chi connectivity index (χ0) is 23.0. The van der Waals surface area contributed by atoms with E-state index in [0.29, 0.717) is 40.2 Å². The summed E-state index contributed by atoms with van der Waals surface area (Å²) in [6, 6.07) is 12.8. The summed E-state index contributed by atoms with van der Waals surface area (Å²) < 4.78 is 0. The Hall–Kier alpha value is -1.69. The second-order valence-corrected chi connectivity index (χ2v) is 9.93. The third kappa shape index (κ3) is 8.06. The minimum Gasteiger partial charge on any atom is -0.354 e. The molecule has 0 saturated carbocycles. The van der Waals surface area contributed by atoms with E-state index in [2.05, 4.69) is 17.4 Å². The summed E-state index contributed by atoms with van der Waals surface area (Å²) in [5, 5.41) is 3.88. The number of thioether (sulfide) groups is 1. The number of aryl methyl sites for hydroxylation is 1. The highest BCUT2D eigenvalue weighted by Crippen LogP contribution is 2.27. The van der Waals surface area contributed by atoms with Crippen molar-refractivity contribution in [3.63, 3.8) is 0 Å². The third-order valence-corrected chi connectivity index (χ3v) is 6.57. The number of hydrogen-bond donors (Lipinski definition) is 1. The molecule has 2 aromatic carbocycles. The van der Waals surface area contributed by atoms with E-state index in [1.165, 1.54) is 5.56 Å². The van der Waals surface area contributed by atoms with Crippen molar-refractivity contribution in [1.29, 1.82) is 0 Å². The molecule has 0 saturated heterocycles. The van der Waals surface area contributed by atoms with Crippen molar-refractivity contribution in [2.45, 2.75) is 51.6 Å². The minimum absolute atomic E-state index is 0.109. The molecule has 1 N–H and O–H groups in total. The second-order valence-electron chi connectivity index (χ2n) is 7.95. The van der Waals surface area contributed by atoms with Gasteiger partial charge in [0.05, 0.1) is 0 Å². The fourth-order valence-electron chi connectivity index (χ4n) is 2.92. The van der Waals surface area contributed by atoms with Crippen molar-refractivity contribution < 1.29 is 9.59 Å². The highest BCUT2D eigenvalue weighted by molar-refractivity contribution is 7.99. The first kappa shape index (κ1) is 25.6. The van der Waals surface area contributed by atoms with Gasteiger partial charge < -0.3 is 10.2 Å². The van der Waals surface area contributed by atoms with Gasteiger partial charge in [-0.15, -0.1) is 11.8 Å². The van der Waals surface area contributed by atoms with Crippen LogP contribution in [0.3, 0.4) is 0 Å². The molecule has 2 rings (SSSR count). The number of nitrogens with zero attached hydrogens (tertiary/aromatic N) is 1. The van der Waals surface area contributed by atoms with Crippen molar-refractivity contribution in [2.24, 2.45) is 5.92 Å². The summed E-state index contributed by atoms with van der Waals surface area (Å²) in [5.74, 6) is 0.651. The lowest BCUT2D eigenvalue weighted by atomic mass is 10.1. The standard InChI is InChI=1S/C24H30Cl2N2O2S/c1-16(2)14-27-24(30)18(4)28(15-20-21(25)6-5-7-22(20)26)23(29)12-13-31-19-10-8-17(3)9-11-19/h5-11,16,18H,12-15H2,1-4H3,(H,27,30)/t18-/m1/s1. The van der Waals surface area contributed by atoms with Crippen molar-refractivity contribution in [2.75, 3.05) is 12.3 Å². The fraction of sp³-hybridized carbons (Fsp3) is 0.417. The molecule has 0 bridgehead atoms. The van der Waals surface area contributed by atoms with E-state index in [-0.39, 0.29) is 18.4 Å². The van der Waals surface area contributed by atoms with Crippen LogP contribution < -0.4 is 5.32 Å². The Morgan fingerprint density at radius 1 is 1.03 bits per heavy atom. The van der Waals surface area contributed by atoms with Crippen LogP contribution in [0, 0.1) is 12.8 Å². The van der Waals surface area contributed by atoms with E-state index >= 15 is 0 Å². The molecule has 168 valence electrons. The summed E-state index contributed by atoms with van der Waals surface area (Å²) in [6.45, 7) is 8.58. The number of carbonyl (C=O) groups excluding carboxylic acids is 2. The van der Waals surface area contributed by atoms with Crippen LogP contribution >= 0.6 is 35.0 Å². The molecule has 0 aromatic heterocycles. The van der Waals surface area contributed by atoms with E-state index < -0.39 is 6.04 Å². The number of nitrogens with one attached hydrogen (secondary N) is 1. The molecule has 1 atom stereocenters. The fourth-order valence-corrected chi connectivity index (χ4v) is 4.28. The monoisotopic (exact) mass is 480 g/mol. The molecular weight excluding hydrogens is 451 g/mol. The molecule has 0 unspecified atom stereocenters. The summed E-state index contributed by atoms with van der Waals surface area (Å²) in [6.07, 6.45) is 0.308. The summed E-state index contributed by atoms with van der Waals surface area (Å²) in [7, 11) is 0. The van der Waals surface area contributed by atoms with Gasteiger partial charge in [-0.25, -0.2) is 0 Å². The van der Waals surface area contributed by atoms with E-state index in [4.69, 9.17) is 23.2 Å². The molecule has 7 heteroatoms. The van der Waals surface area contributed by atoms with Gasteiger partial charge in [0.1, 0.15) is 6.04 Å². The lowest BCUT2D eigenvalue weighted by Gasteiger charge is -2.29. The number of halogens is 2. The van der Waals surface area contributed by atoms with Crippen LogP contribution in [0.2, 0.25) is 10.0 Å². The molecule has 0 aliphatic carbocycles. The average molecular weight is 481 g/mol. The Balaban J connectivity index is 2.12. The maximum atomic E-state index is 13.1. The summed E-state index contributed by atoms with van der Waals surface area (Å²) >= 11 is 14.3. The molecule has 4 nitrogen and oxygen atoms in total. The van der Waals surface area contributed by atoms with Crippen molar-refractivity contribution in [3.05, 3.63) is 63.6 Å². The van der Waals surface area contributed by atoms with Gasteiger partial charge in [-0.1, -0.05) is 60.8 Å². The quantitative estimate of drug-likeness (QED) is 0.425. The molecule has 0 heterocycles. The van der Waals surface area contributed by atoms with Crippen LogP contribution in [0.4, 0.5) is 0 Å². The molecule has 0 aliphatic heterocycles. The van der Waals surface area contributed by atoms with Crippen LogP contribution in [0.5, 0.6) is 0 Å². The van der Waals surface area contributed by atoms with E-state index in [1.54, 1.807) is 41.8 Å². The van der Waals surface area contributed by atoms with E-state index in [9.17, 15) is 9.59 Å². The molecule has 31 heavy (non-hydrogen) atoms. The predicted octanol–water partition coefficient (Wildman–Crippen LogP) is 5.97. The second kappa shape index (κ2) is 12.4. The largest absolute Gasteiger partial charge is 0.354 e. The van der Waals surface area contributed by atoms with Gasteiger partial charge >= 0.3 is 0 Å². The smallest absolute Gasteiger partial charge is 0.242 e. The van der Waals surface area contributed by atoms with Gasteiger partial charge in [0.2, 0.25) is 11.8 Å². The maximum absolute atomic E-state index is 13.1. The number of amides is 2. The van der Waals surface area contributed by atoms with E-state index in [1.807, 2.05) is 32.9 Å². The van der Waals surface area contributed by atoms with Crippen LogP contribution in [0.25, 0.3) is 0 Å². The summed E-state index contributed by atoms with van der Waals surface area (Å²) in [5.41, 5.74) is 1.85. The Kier molecular flexibility index (Phi) is 10.2. The lowest BCUT2D eigenvalue weighted by Crippen LogP contribution is -2.48. The highest BCUT2D eigenvalue weighted by atomic mass is 35.5. The van der Waals surface area contributed by atoms with Gasteiger partial charge in [-0.2, -0.15) is 0 Å². The third-order valence-electron chi connectivity index (χ3n) is 4.85. The molecule has 0 radical (unpaired) electrons. The van der Waals surface area contributed by atoms with E-state index in [0.717, 1.165) is 4.90 Å². The molecule has 0 fully saturated rings. The first-order valence-corrected chi connectivity index (χ1v) is 12.1. The SMILES string of the molecule is Cc1ccc(SCCC(=O)N(Cc2c(Cl)cccc2Cl)[C@H](C)C(=O)NCC(C)C)cc1. The minimum atomic E-state index is -0.636. The Bertz CT molecular complexity index is 867. The van der Waals surface area contributed by atoms with Crippen molar-refractivity contribution >= 4 is 46.8 Å². The molecule has 2 aromatic rings. The lowest BCUT2D eigenvalue weighted by molar-refractivity contribution is -0.140. The van der Waals surface area contributed by atoms with Gasteiger partial charge in [0, 0.05) is 45.8 Å². The number of benzene rings is 2. The number of rotatable bonds is 10. The van der Waals surface area contributed by atoms with Gasteiger partial charge in [-0.05, 0) is 44.0 Å². The number of carbonyl (C=O) groups is 2. The van der Waals surface area contributed by atoms with Crippen LogP contribution in [-0.4, -0.2) is 35.1 Å².